The van der Waals surface area contributed by atoms with Gasteiger partial charge in [-0.3, -0.25) is 0 Å². The van der Waals surface area contributed by atoms with E-state index in [1.807, 2.05) is 12.1 Å². The minimum Gasteiger partial charge on any atom is -0.456 e. The Morgan fingerprint density at radius 1 is 0.311 bits per heavy atom. The Labute approximate surface area is 429 Å². The molecule has 0 radical (unpaired) electrons. The van der Waals surface area contributed by atoms with Crippen LogP contribution >= 0.6 is 0 Å². The van der Waals surface area contributed by atoms with E-state index in [4.69, 9.17) is 8.83 Å². The summed E-state index contributed by atoms with van der Waals surface area (Å²) in [5.74, 6) is 0. The molecule has 350 valence electrons. The highest BCUT2D eigenvalue weighted by Crippen LogP contribution is 2.59. The lowest BCUT2D eigenvalue weighted by molar-refractivity contribution is 0.660. The van der Waals surface area contributed by atoms with Gasteiger partial charge < -0.3 is 18.6 Å². The predicted octanol–water partition coefficient (Wildman–Crippen LogP) is 19.1. The number of hydrogen-bond acceptors (Lipinski definition) is 4. The molecule has 0 fully saturated rings. The number of anilines is 6. The highest BCUT2D eigenvalue weighted by Gasteiger charge is 2.46. The highest BCUT2D eigenvalue weighted by molar-refractivity contribution is 6.14. The molecular formula is C70H48N2O2. The lowest BCUT2D eigenvalue weighted by Crippen LogP contribution is -2.28. The van der Waals surface area contributed by atoms with Gasteiger partial charge in [-0.25, -0.2) is 0 Å². The Balaban J connectivity index is 0.992. The van der Waals surface area contributed by atoms with Crippen LogP contribution in [0.5, 0.6) is 0 Å². The van der Waals surface area contributed by atoms with Crippen LogP contribution in [0, 0.1) is 0 Å². The summed E-state index contributed by atoms with van der Waals surface area (Å²) < 4.78 is 13.1. The second kappa shape index (κ2) is 16.1. The van der Waals surface area contributed by atoms with Crippen LogP contribution in [0.1, 0.15) is 47.2 Å². The lowest BCUT2D eigenvalue weighted by atomic mass is 9.68. The van der Waals surface area contributed by atoms with Crippen molar-refractivity contribution in [1.82, 2.24) is 0 Å². The normalized spacial score (nSPS) is 13.8. The molecule has 0 unspecified atom stereocenters. The van der Waals surface area contributed by atoms with Crippen LogP contribution in [0.4, 0.5) is 34.1 Å². The van der Waals surface area contributed by atoms with Crippen molar-refractivity contribution in [2.45, 2.75) is 24.7 Å². The monoisotopic (exact) mass is 948 g/mol. The summed E-state index contributed by atoms with van der Waals surface area (Å²) in [4.78, 5) is 4.90. The third kappa shape index (κ3) is 6.03. The molecule has 0 amide bonds. The number of furan rings is 2. The molecule has 0 N–H and O–H groups in total. The molecule has 0 bridgehead atoms. The van der Waals surface area contributed by atoms with Crippen molar-refractivity contribution in [2.75, 3.05) is 9.80 Å². The largest absolute Gasteiger partial charge is 0.456 e. The van der Waals surface area contributed by atoms with Gasteiger partial charge in [-0.15, -0.1) is 0 Å². The zero-order valence-corrected chi connectivity index (χ0v) is 41.0. The third-order valence-electron chi connectivity index (χ3n) is 16.1. The van der Waals surface area contributed by atoms with E-state index >= 15 is 0 Å². The van der Waals surface area contributed by atoms with Crippen molar-refractivity contribution >= 4 is 78.0 Å². The van der Waals surface area contributed by atoms with E-state index in [1.54, 1.807) is 0 Å². The van der Waals surface area contributed by atoms with Gasteiger partial charge in [0.2, 0.25) is 0 Å². The van der Waals surface area contributed by atoms with Crippen LogP contribution < -0.4 is 9.80 Å². The quantitative estimate of drug-likeness (QED) is 0.152. The maximum atomic E-state index is 6.62. The maximum absolute atomic E-state index is 6.62. The van der Waals surface area contributed by atoms with E-state index in [-0.39, 0.29) is 5.41 Å². The second-order valence-corrected chi connectivity index (χ2v) is 20.3. The molecule has 13 aromatic rings. The van der Waals surface area contributed by atoms with Crippen LogP contribution in [-0.2, 0) is 10.8 Å². The Hall–Kier alpha value is -9.38. The van der Waals surface area contributed by atoms with E-state index in [2.05, 4.69) is 266 Å². The van der Waals surface area contributed by atoms with Crippen LogP contribution in [0.15, 0.2) is 264 Å². The van der Waals surface area contributed by atoms with Crippen LogP contribution in [0.3, 0.4) is 0 Å². The first-order valence-corrected chi connectivity index (χ1v) is 25.6. The van der Waals surface area contributed by atoms with Gasteiger partial charge in [-0.05, 0) is 129 Å². The highest BCUT2D eigenvalue weighted by atomic mass is 16.3. The number of hydrogen-bond donors (Lipinski definition) is 0. The molecule has 0 atom stereocenters. The summed E-state index contributed by atoms with van der Waals surface area (Å²) >= 11 is 0. The van der Waals surface area contributed by atoms with Crippen molar-refractivity contribution in [2.24, 2.45) is 0 Å². The van der Waals surface area contributed by atoms with Crippen molar-refractivity contribution in [1.29, 1.82) is 0 Å². The van der Waals surface area contributed by atoms with Crippen molar-refractivity contribution in [3.8, 4) is 22.3 Å². The minimum atomic E-state index is -0.520. The Bertz CT molecular complexity index is 4330. The average molecular weight is 949 g/mol. The van der Waals surface area contributed by atoms with Crippen molar-refractivity contribution < 1.29 is 8.83 Å². The van der Waals surface area contributed by atoms with Gasteiger partial charge in [-0.1, -0.05) is 190 Å². The Morgan fingerprint density at radius 3 is 1.61 bits per heavy atom. The number of benzene rings is 11. The first-order chi connectivity index (χ1) is 36.5. The summed E-state index contributed by atoms with van der Waals surface area (Å²) in [6.07, 6.45) is 0. The zero-order valence-electron chi connectivity index (χ0n) is 41.0. The molecule has 0 aliphatic heterocycles. The standard InChI is InChI=1S/C70H48N2O2/c1-69(2)57-30-13-10-28-53(57)67-60(69)32-18-33-61(67)72(62-34-19-37-66-68(62)54-29-12-16-36-64(54)74-66)48-25-17-24-47(42-48)71(50-39-41-65-56(44-50)52-27-11-15-35-63(52)73-65)49-38-40-59-55(43-49)51-26-9-14-31-58(51)70(59,45-20-5-3-6-21-45)46-22-7-4-8-23-46/h3-44H,1-2H3. The third-order valence-corrected chi connectivity index (χ3v) is 16.1. The van der Waals surface area contributed by atoms with Gasteiger partial charge in [0, 0.05) is 49.9 Å². The number of nitrogens with zero attached hydrogens (tertiary/aromatic N) is 2. The summed E-state index contributed by atoms with van der Waals surface area (Å²) in [7, 11) is 0. The van der Waals surface area contributed by atoms with E-state index in [0.717, 1.165) is 78.0 Å². The lowest BCUT2D eigenvalue weighted by Gasteiger charge is -2.34. The predicted molar refractivity (Wildman–Crippen MR) is 305 cm³/mol. The molecule has 2 aliphatic rings. The molecule has 15 rings (SSSR count). The summed E-state index contributed by atoms with van der Waals surface area (Å²) in [6.45, 7) is 4.71. The van der Waals surface area contributed by atoms with Gasteiger partial charge in [0.15, 0.2) is 0 Å². The molecule has 4 heteroatoms. The molecule has 2 heterocycles. The van der Waals surface area contributed by atoms with Crippen LogP contribution in [0.25, 0.3) is 66.1 Å². The number of para-hydroxylation sites is 2. The van der Waals surface area contributed by atoms with Gasteiger partial charge in [0.05, 0.1) is 22.2 Å². The maximum Gasteiger partial charge on any atom is 0.137 e. The fraction of sp³-hybridized carbons (Fsp3) is 0.0571. The zero-order chi connectivity index (χ0) is 49.1. The fourth-order valence-electron chi connectivity index (χ4n) is 12.9. The van der Waals surface area contributed by atoms with Crippen LogP contribution in [0.2, 0.25) is 0 Å². The van der Waals surface area contributed by atoms with E-state index in [9.17, 15) is 0 Å². The smallest absolute Gasteiger partial charge is 0.137 e. The summed E-state index contributed by atoms with van der Waals surface area (Å²) in [6, 6.07) is 92.9. The van der Waals surface area contributed by atoms with E-state index in [1.165, 1.54) is 55.6 Å². The van der Waals surface area contributed by atoms with E-state index < -0.39 is 5.41 Å². The number of fused-ring (bicyclic) bond motifs is 12. The topological polar surface area (TPSA) is 32.8 Å². The molecule has 0 saturated heterocycles. The first kappa shape index (κ1) is 42.3. The molecule has 2 aromatic heterocycles. The van der Waals surface area contributed by atoms with Gasteiger partial charge in [0.1, 0.15) is 22.3 Å². The van der Waals surface area contributed by atoms with Gasteiger partial charge in [-0.2, -0.15) is 0 Å². The number of rotatable bonds is 8. The minimum absolute atomic E-state index is 0.193. The Kier molecular flexibility index (Phi) is 9.19. The van der Waals surface area contributed by atoms with Crippen LogP contribution in [-0.4, -0.2) is 0 Å². The van der Waals surface area contributed by atoms with Crippen molar-refractivity contribution in [3.05, 3.63) is 288 Å². The molecule has 0 saturated carbocycles. The molecule has 4 nitrogen and oxygen atoms in total. The molecule has 11 aromatic carbocycles. The second-order valence-electron chi connectivity index (χ2n) is 20.3. The summed E-state index contributed by atoms with van der Waals surface area (Å²) in [5, 5.41) is 4.31. The fourth-order valence-corrected chi connectivity index (χ4v) is 12.9. The first-order valence-electron chi connectivity index (χ1n) is 25.6. The summed E-state index contributed by atoms with van der Waals surface area (Å²) in [5.41, 5.74) is 21.6. The molecule has 0 spiro atoms. The average Bonchev–Trinajstić information content (AvgIpc) is 4.18. The van der Waals surface area contributed by atoms with Gasteiger partial charge in [0.25, 0.3) is 0 Å². The van der Waals surface area contributed by atoms with Crippen molar-refractivity contribution in [3.63, 3.8) is 0 Å². The molecular weight excluding hydrogens is 901 g/mol. The molecule has 2 aliphatic carbocycles. The molecule has 74 heavy (non-hydrogen) atoms. The Morgan fingerprint density at radius 2 is 0.824 bits per heavy atom. The SMILES string of the molecule is CC1(C)c2ccccc2-c2c(N(c3cccc(N(c4ccc5c(c4)-c4ccccc4C5(c4ccccc4)c4ccccc4)c4ccc5oc6ccccc6c5c4)c3)c3cccc4oc5ccccc5c34)cccc21. The van der Waals surface area contributed by atoms with Gasteiger partial charge >= 0.3 is 0 Å². The van der Waals surface area contributed by atoms with E-state index in [0.29, 0.717) is 0 Å².